The molecule has 4 rings (SSSR count). The number of carbonyl (C=O) groups excluding carboxylic acids is 1. The summed E-state index contributed by atoms with van der Waals surface area (Å²) in [6.45, 7) is 8.44. The van der Waals surface area contributed by atoms with Gasteiger partial charge >= 0.3 is 0 Å². The Bertz CT molecular complexity index is 1220. The third kappa shape index (κ3) is 4.65. The largest absolute Gasteiger partial charge is 0.318 e. The fourth-order valence-corrected chi connectivity index (χ4v) is 4.81. The highest BCUT2D eigenvalue weighted by molar-refractivity contribution is 14.1. The third-order valence-electron chi connectivity index (χ3n) is 5.38. The van der Waals surface area contributed by atoms with Crippen molar-refractivity contribution in [1.29, 1.82) is 0 Å². The average molecular weight is 541 g/mol. The maximum absolute atomic E-state index is 12.5. The number of thioether (sulfide) groups is 1. The average Bonchev–Trinajstić information content (AvgIpc) is 3.23. The van der Waals surface area contributed by atoms with Crippen molar-refractivity contribution in [2.45, 2.75) is 34.1 Å². The number of aryl methyl sites for hydroxylation is 3. The van der Waals surface area contributed by atoms with Crippen LogP contribution in [0.4, 0.5) is 5.69 Å². The molecule has 0 atom stereocenters. The van der Waals surface area contributed by atoms with Crippen molar-refractivity contribution in [1.82, 2.24) is 9.88 Å². The zero-order valence-electron chi connectivity index (χ0n) is 18.0. The van der Waals surface area contributed by atoms with Gasteiger partial charge in [-0.15, -0.1) is 0 Å². The molecule has 2 aromatic carbocycles. The van der Waals surface area contributed by atoms with Gasteiger partial charge in [-0.3, -0.25) is 4.79 Å². The molecule has 31 heavy (non-hydrogen) atoms. The van der Waals surface area contributed by atoms with Crippen LogP contribution in [0.15, 0.2) is 58.4 Å². The van der Waals surface area contributed by atoms with Crippen LogP contribution >= 0.6 is 34.4 Å². The van der Waals surface area contributed by atoms with Crippen LogP contribution in [0.2, 0.25) is 0 Å². The Balaban J connectivity index is 1.62. The van der Waals surface area contributed by atoms with E-state index in [9.17, 15) is 4.79 Å². The zero-order chi connectivity index (χ0) is 22.1. The summed E-state index contributed by atoms with van der Waals surface area (Å²) in [5, 5.41) is 3.50. The lowest BCUT2D eigenvalue weighted by Crippen LogP contribution is -2.19. The summed E-state index contributed by atoms with van der Waals surface area (Å²) in [5.74, 6) is -0.108. The molecule has 6 heteroatoms. The first-order chi connectivity index (χ1) is 14.9. The van der Waals surface area contributed by atoms with Crippen LogP contribution in [0.1, 0.15) is 35.0 Å². The fourth-order valence-electron chi connectivity index (χ4n) is 3.64. The smallest absolute Gasteiger partial charge is 0.264 e. The van der Waals surface area contributed by atoms with Gasteiger partial charge in [-0.05, 0) is 121 Å². The summed E-state index contributed by atoms with van der Waals surface area (Å²) in [4.78, 5) is 17.8. The molecule has 2 heterocycles. The number of hydrogen-bond donors (Lipinski definition) is 1. The summed E-state index contributed by atoms with van der Waals surface area (Å²) in [6.07, 6.45) is 2.95. The summed E-state index contributed by atoms with van der Waals surface area (Å²) in [5.41, 5.74) is 7.79. The summed E-state index contributed by atoms with van der Waals surface area (Å²) < 4.78 is 3.48. The standard InChI is InChI=1S/C25H24IN3OS/c1-5-18-6-8-20(9-7-18)27-25-28-24(30)23(31-25)14-19-13-16(3)29(17(19)4)21-10-11-22(26)15(2)12-21/h6-14H,5H2,1-4H3,(H,27,28,30)/b23-14+. The van der Waals surface area contributed by atoms with Crippen molar-refractivity contribution in [3.8, 4) is 5.69 Å². The summed E-state index contributed by atoms with van der Waals surface area (Å²) in [7, 11) is 0. The van der Waals surface area contributed by atoms with E-state index in [4.69, 9.17) is 0 Å². The predicted octanol–water partition coefficient (Wildman–Crippen LogP) is 6.46. The molecule has 3 aromatic rings. The lowest BCUT2D eigenvalue weighted by atomic mass is 10.2. The van der Waals surface area contributed by atoms with Gasteiger partial charge in [0, 0.05) is 20.6 Å². The van der Waals surface area contributed by atoms with Crippen molar-refractivity contribution in [3.05, 3.63) is 85.1 Å². The molecule has 1 N–H and O–H groups in total. The molecule has 1 fully saturated rings. The Morgan fingerprint density at radius 3 is 2.52 bits per heavy atom. The molecular formula is C25H24IN3OS. The van der Waals surface area contributed by atoms with E-state index in [0.29, 0.717) is 10.1 Å². The molecule has 1 saturated heterocycles. The van der Waals surface area contributed by atoms with Crippen LogP contribution in [0.25, 0.3) is 11.8 Å². The number of amides is 1. The van der Waals surface area contributed by atoms with Gasteiger partial charge in [0.05, 0.1) is 10.6 Å². The lowest BCUT2D eigenvalue weighted by molar-refractivity contribution is -0.115. The first-order valence-corrected chi connectivity index (χ1v) is 12.1. The normalized spacial score (nSPS) is 16.4. The number of carbonyl (C=O) groups is 1. The minimum absolute atomic E-state index is 0.108. The van der Waals surface area contributed by atoms with Gasteiger partial charge in [0.1, 0.15) is 0 Å². The highest BCUT2D eigenvalue weighted by atomic mass is 127. The van der Waals surface area contributed by atoms with Gasteiger partial charge in [0.2, 0.25) is 0 Å². The van der Waals surface area contributed by atoms with E-state index >= 15 is 0 Å². The molecule has 0 aliphatic carbocycles. The van der Waals surface area contributed by atoms with E-state index in [1.54, 1.807) is 0 Å². The molecule has 1 aromatic heterocycles. The van der Waals surface area contributed by atoms with Crippen LogP contribution in [-0.4, -0.2) is 15.6 Å². The highest BCUT2D eigenvalue weighted by Crippen LogP contribution is 2.31. The summed E-state index contributed by atoms with van der Waals surface area (Å²) >= 11 is 3.74. The minimum Gasteiger partial charge on any atom is -0.318 e. The molecule has 0 saturated carbocycles. The Labute approximate surface area is 201 Å². The maximum atomic E-state index is 12.5. The minimum atomic E-state index is -0.108. The van der Waals surface area contributed by atoms with Crippen molar-refractivity contribution >= 4 is 57.2 Å². The van der Waals surface area contributed by atoms with Crippen molar-refractivity contribution in [3.63, 3.8) is 0 Å². The van der Waals surface area contributed by atoms with Crippen LogP contribution in [0, 0.1) is 24.3 Å². The van der Waals surface area contributed by atoms with E-state index < -0.39 is 0 Å². The van der Waals surface area contributed by atoms with Crippen LogP contribution < -0.4 is 5.32 Å². The first kappa shape index (κ1) is 21.9. The van der Waals surface area contributed by atoms with Crippen LogP contribution in [0.5, 0.6) is 0 Å². The second-order valence-corrected chi connectivity index (χ2v) is 9.79. The number of benzene rings is 2. The number of aliphatic imine (C=N–C) groups is 1. The molecular weight excluding hydrogens is 517 g/mol. The predicted molar refractivity (Wildman–Crippen MR) is 139 cm³/mol. The van der Waals surface area contributed by atoms with Gasteiger partial charge in [-0.25, -0.2) is 4.99 Å². The molecule has 0 unspecified atom stereocenters. The number of halogens is 1. The van der Waals surface area contributed by atoms with E-state index in [0.717, 1.165) is 34.7 Å². The highest BCUT2D eigenvalue weighted by Gasteiger charge is 2.24. The van der Waals surface area contributed by atoms with Crippen molar-refractivity contribution in [2.24, 2.45) is 4.99 Å². The van der Waals surface area contributed by atoms with Gasteiger partial charge in [0.15, 0.2) is 5.17 Å². The quantitative estimate of drug-likeness (QED) is 0.305. The Morgan fingerprint density at radius 2 is 1.84 bits per heavy atom. The number of hydrogen-bond acceptors (Lipinski definition) is 3. The molecule has 1 aliphatic rings. The number of rotatable bonds is 4. The molecule has 0 bridgehead atoms. The second kappa shape index (κ2) is 9.04. The van der Waals surface area contributed by atoms with Gasteiger partial charge in [-0.1, -0.05) is 19.1 Å². The van der Waals surface area contributed by atoms with E-state index in [-0.39, 0.29) is 5.91 Å². The fraction of sp³-hybridized carbons (Fsp3) is 0.200. The number of amidine groups is 1. The molecule has 1 amide bonds. The first-order valence-electron chi connectivity index (χ1n) is 10.2. The van der Waals surface area contributed by atoms with Crippen molar-refractivity contribution in [2.75, 3.05) is 0 Å². The van der Waals surface area contributed by atoms with Gasteiger partial charge < -0.3 is 9.88 Å². The van der Waals surface area contributed by atoms with Gasteiger partial charge in [0.25, 0.3) is 5.91 Å². The number of aromatic nitrogens is 1. The molecule has 158 valence electrons. The third-order valence-corrected chi connectivity index (χ3v) is 7.50. The molecule has 1 aliphatic heterocycles. The monoisotopic (exact) mass is 541 g/mol. The Morgan fingerprint density at radius 1 is 1.10 bits per heavy atom. The molecule has 0 spiro atoms. The van der Waals surface area contributed by atoms with E-state index in [2.05, 4.69) is 102 Å². The number of nitrogens with zero attached hydrogens (tertiary/aromatic N) is 2. The van der Waals surface area contributed by atoms with Crippen LogP contribution in [-0.2, 0) is 11.2 Å². The van der Waals surface area contributed by atoms with Crippen LogP contribution in [0.3, 0.4) is 0 Å². The van der Waals surface area contributed by atoms with E-state index in [1.807, 2.05) is 18.2 Å². The number of nitrogens with one attached hydrogen (secondary N) is 1. The maximum Gasteiger partial charge on any atom is 0.264 e. The Hall–Kier alpha value is -2.32. The SMILES string of the molecule is CCc1ccc(N=C2NC(=O)/C(=C\c3cc(C)n(-c4ccc(I)c(C)c4)c3C)S2)cc1. The topological polar surface area (TPSA) is 46.4 Å². The molecule has 0 radical (unpaired) electrons. The lowest BCUT2D eigenvalue weighted by Gasteiger charge is -2.11. The Kier molecular flexibility index (Phi) is 6.39. The zero-order valence-corrected chi connectivity index (χ0v) is 21.0. The second-order valence-electron chi connectivity index (χ2n) is 7.60. The molecule has 4 nitrogen and oxygen atoms in total. The van der Waals surface area contributed by atoms with Gasteiger partial charge in [-0.2, -0.15) is 0 Å². The van der Waals surface area contributed by atoms with Crippen molar-refractivity contribution < 1.29 is 4.79 Å². The summed E-state index contributed by atoms with van der Waals surface area (Å²) in [6, 6.07) is 16.7. The van der Waals surface area contributed by atoms with E-state index in [1.165, 1.54) is 26.5 Å².